The molecule has 0 N–H and O–H groups in total. The zero-order chi connectivity index (χ0) is 22.1. The molecule has 4 rings (SSSR count). The number of halogens is 2. The summed E-state index contributed by atoms with van der Waals surface area (Å²) in [6.45, 7) is 1.95. The van der Waals surface area contributed by atoms with Crippen LogP contribution in [-0.2, 0) is 0 Å². The Labute approximate surface area is 207 Å². The first-order chi connectivity index (χ1) is 14.9. The normalized spacial score (nSPS) is 10.5. The van der Waals surface area contributed by atoms with Crippen molar-refractivity contribution in [3.05, 3.63) is 88.0 Å². The van der Waals surface area contributed by atoms with Crippen molar-refractivity contribution >= 4 is 29.2 Å². The SMILES string of the molecule is COc1ccc(Cl)cc1-c1c(C(=O)[O-])nn(-c2cccc(C)c2)c1-c1cccc(Cl)c1.[Li+]. The van der Waals surface area contributed by atoms with Gasteiger partial charge in [-0.1, -0.05) is 47.5 Å². The summed E-state index contributed by atoms with van der Waals surface area (Å²) in [6, 6.07) is 19.7. The molecule has 32 heavy (non-hydrogen) atoms. The van der Waals surface area contributed by atoms with Crippen LogP contribution >= 0.6 is 23.2 Å². The Hall–Kier alpha value is -2.68. The quantitative estimate of drug-likeness (QED) is 0.430. The van der Waals surface area contributed by atoms with Crippen LogP contribution in [0, 0.1) is 6.92 Å². The number of benzene rings is 3. The number of aromatic carboxylic acids is 1. The number of ether oxygens (including phenoxy) is 1. The van der Waals surface area contributed by atoms with Crippen molar-refractivity contribution in [2.24, 2.45) is 0 Å². The molecule has 0 bridgehead atoms. The molecule has 8 heteroatoms. The van der Waals surface area contributed by atoms with Crippen LogP contribution in [0.3, 0.4) is 0 Å². The van der Waals surface area contributed by atoms with Gasteiger partial charge in [-0.15, -0.1) is 0 Å². The molecule has 0 aliphatic rings. The molecule has 0 aliphatic heterocycles. The van der Waals surface area contributed by atoms with Crippen LogP contribution in [0.5, 0.6) is 5.75 Å². The van der Waals surface area contributed by atoms with E-state index in [0.717, 1.165) is 5.56 Å². The molecular weight excluding hydrogens is 442 g/mol. The number of aromatic nitrogens is 2. The summed E-state index contributed by atoms with van der Waals surface area (Å²) in [5.74, 6) is -0.953. The van der Waals surface area contributed by atoms with Crippen molar-refractivity contribution in [1.29, 1.82) is 0 Å². The van der Waals surface area contributed by atoms with Crippen molar-refractivity contribution in [2.45, 2.75) is 6.92 Å². The van der Waals surface area contributed by atoms with Crippen LogP contribution in [-0.4, -0.2) is 22.9 Å². The van der Waals surface area contributed by atoms with E-state index in [1.165, 1.54) is 7.11 Å². The van der Waals surface area contributed by atoms with Crippen LogP contribution < -0.4 is 28.7 Å². The minimum Gasteiger partial charge on any atom is -0.543 e. The summed E-state index contributed by atoms with van der Waals surface area (Å²) < 4.78 is 7.09. The van der Waals surface area contributed by atoms with E-state index in [9.17, 15) is 9.90 Å². The Morgan fingerprint density at radius 1 is 1.00 bits per heavy atom. The second-order valence-corrected chi connectivity index (χ2v) is 7.84. The molecule has 0 aliphatic carbocycles. The van der Waals surface area contributed by atoms with Gasteiger partial charge < -0.3 is 14.6 Å². The standard InChI is InChI=1S/C24H18Cl2N2O3.Li/c1-14-5-3-8-18(11-14)28-23(15-6-4-7-16(25)12-15)21(22(27-28)24(29)30)19-13-17(26)9-10-20(19)31-2;/h3-13H,1-2H3,(H,29,30);/q;+1/p-1. The molecule has 156 valence electrons. The molecule has 5 nitrogen and oxygen atoms in total. The molecule has 0 atom stereocenters. The van der Waals surface area contributed by atoms with Crippen LogP contribution in [0.4, 0.5) is 0 Å². The smallest absolute Gasteiger partial charge is 0.543 e. The number of carboxylic acids is 1. The van der Waals surface area contributed by atoms with Crippen LogP contribution in [0.1, 0.15) is 16.1 Å². The molecule has 4 aromatic rings. The second-order valence-electron chi connectivity index (χ2n) is 6.97. The zero-order valence-corrected chi connectivity index (χ0v) is 19.2. The van der Waals surface area contributed by atoms with Gasteiger partial charge in [-0.05, 0) is 55.0 Å². The molecular formula is C24H17Cl2LiN2O3. The van der Waals surface area contributed by atoms with Gasteiger partial charge >= 0.3 is 18.9 Å². The second kappa shape index (κ2) is 9.85. The third kappa shape index (κ3) is 4.57. The maximum atomic E-state index is 12.2. The largest absolute Gasteiger partial charge is 1.00 e. The minimum atomic E-state index is -1.41. The van der Waals surface area contributed by atoms with Crippen LogP contribution in [0.25, 0.3) is 28.1 Å². The van der Waals surface area contributed by atoms with E-state index in [-0.39, 0.29) is 24.6 Å². The summed E-state index contributed by atoms with van der Waals surface area (Å²) >= 11 is 12.5. The summed E-state index contributed by atoms with van der Waals surface area (Å²) in [5.41, 5.74) is 3.52. The van der Waals surface area contributed by atoms with Crippen LogP contribution in [0.2, 0.25) is 10.0 Å². The third-order valence-electron chi connectivity index (χ3n) is 4.85. The van der Waals surface area contributed by atoms with Gasteiger partial charge in [-0.3, -0.25) is 0 Å². The van der Waals surface area contributed by atoms with E-state index < -0.39 is 5.97 Å². The average Bonchev–Trinajstić information content (AvgIpc) is 3.14. The average molecular weight is 459 g/mol. The number of carbonyl (C=O) groups is 1. The topological polar surface area (TPSA) is 67.2 Å². The molecule has 0 unspecified atom stereocenters. The van der Waals surface area contributed by atoms with E-state index >= 15 is 0 Å². The Balaban J connectivity index is 0.00000289. The molecule has 3 aromatic carbocycles. The maximum absolute atomic E-state index is 12.2. The molecule has 0 radical (unpaired) electrons. The monoisotopic (exact) mass is 458 g/mol. The van der Waals surface area contributed by atoms with Crippen molar-refractivity contribution < 1.29 is 33.5 Å². The predicted molar refractivity (Wildman–Crippen MR) is 120 cm³/mol. The van der Waals surface area contributed by atoms with Gasteiger partial charge in [-0.2, -0.15) is 5.10 Å². The summed E-state index contributed by atoms with van der Waals surface area (Å²) in [6.07, 6.45) is 0. The fourth-order valence-corrected chi connectivity index (χ4v) is 3.90. The number of nitrogens with zero attached hydrogens (tertiary/aromatic N) is 2. The van der Waals surface area contributed by atoms with Crippen molar-refractivity contribution in [1.82, 2.24) is 9.78 Å². The molecule has 0 fully saturated rings. The van der Waals surface area contributed by atoms with Gasteiger partial charge in [0.05, 0.1) is 24.5 Å². The number of hydrogen-bond acceptors (Lipinski definition) is 4. The van der Waals surface area contributed by atoms with Gasteiger partial charge in [0.1, 0.15) is 11.4 Å². The number of carboxylic acid groups (broad SMARTS) is 1. The Morgan fingerprint density at radius 3 is 2.38 bits per heavy atom. The van der Waals surface area contributed by atoms with Crippen LogP contribution in [0.15, 0.2) is 66.7 Å². The summed E-state index contributed by atoms with van der Waals surface area (Å²) in [4.78, 5) is 12.2. The van der Waals surface area contributed by atoms with Gasteiger partial charge in [-0.25, -0.2) is 4.68 Å². The number of aryl methyl sites for hydroxylation is 1. The number of rotatable bonds is 5. The third-order valence-corrected chi connectivity index (χ3v) is 5.32. The Morgan fingerprint density at radius 2 is 1.72 bits per heavy atom. The van der Waals surface area contributed by atoms with E-state index in [1.807, 2.05) is 37.3 Å². The predicted octanol–water partition coefficient (Wildman–Crippen LogP) is 2.20. The van der Waals surface area contributed by atoms with Crippen molar-refractivity contribution in [2.75, 3.05) is 7.11 Å². The minimum absolute atomic E-state index is 0. The first-order valence-corrected chi connectivity index (χ1v) is 10.2. The molecule has 0 saturated carbocycles. The van der Waals surface area contributed by atoms with Gasteiger partial charge in [0.2, 0.25) is 0 Å². The number of methoxy groups -OCH3 is 1. The summed E-state index contributed by atoms with van der Waals surface area (Å²) in [7, 11) is 1.51. The van der Waals surface area contributed by atoms with E-state index in [0.29, 0.717) is 43.9 Å². The summed E-state index contributed by atoms with van der Waals surface area (Å²) in [5, 5.41) is 17.5. The fourth-order valence-electron chi connectivity index (χ4n) is 3.54. The molecule has 1 aromatic heterocycles. The van der Waals surface area contributed by atoms with Gasteiger partial charge in [0, 0.05) is 26.7 Å². The number of hydrogen-bond donors (Lipinski definition) is 0. The maximum Gasteiger partial charge on any atom is 1.00 e. The first kappa shape index (κ1) is 24.0. The molecule has 0 spiro atoms. The van der Waals surface area contributed by atoms with Gasteiger partial charge in [0.25, 0.3) is 0 Å². The van der Waals surface area contributed by atoms with E-state index in [1.54, 1.807) is 41.1 Å². The van der Waals surface area contributed by atoms with E-state index in [2.05, 4.69) is 5.10 Å². The number of carbonyl (C=O) groups excluding carboxylic acids is 1. The Kier molecular flexibility index (Phi) is 7.38. The first-order valence-electron chi connectivity index (χ1n) is 9.40. The Bertz CT molecular complexity index is 1300. The fraction of sp³-hybridized carbons (Fsp3) is 0.0833. The van der Waals surface area contributed by atoms with Crippen molar-refractivity contribution in [3.8, 4) is 33.8 Å². The molecule has 0 saturated heterocycles. The van der Waals surface area contributed by atoms with Gasteiger partial charge in [0.15, 0.2) is 0 Å². The van der Waals surface area contributed by atoms with E-state index in [4.69, 9.17) is 27.9 Å². The zero-order valence-electron chi connectivity index (χ0n) is 17.7. The molecule has 1 heterocycles. The van der Waals surface area contributed by atoms with Crippen molar-refractivity contribution in [3.63, 3.8) is 0 Å². The molecule has 0 amide bonds.